The Morgan fingerprint density at radius 2 is 1.29 bits per heavy atom. The van der Waals surface area contributed by atoms with Crippen molar-refractivity contribution < 1.29 is 36.6 Å². The summed E-state index contributed by atoms with van der Waals surface area (Å²) < 4.78 is 61.5. The monoisotopic (exact) mass is 342 g/mol. The van der Waals surface area contributed by atoms with Crippen LogP contribution in [0.5, 0.6) is 11.5 Å². The molecule has 0 saturated heterocycles. The number of para-hydroxylation sites is 1. The highest BCUT2D eigenvalue weighted by molar-refractivity contribution is 5.80. The van der Waals surface area contributed by atoms with E-state index in [1.165, 1.54) is 18.2 Å². The number of benzene rings is 2. The van der Waals surface area contributed by atoms with Crippen LogP contribution in [0.25, 0.3) is 0 Å². The molecule has 0 aliphatic rings. The molecule has 2 aromatic rings. The molecule has 0 heterocycles. The molecule has 0 fully saturated rings. The lowest BCUT2D eigenvalue weighted by atomic mass is 10.3. The maximum absolute atomic E-state index is 13.3. The third-order valence-corrected chi connectivity index (χ3v) is 2.82. The molecular weight excluding hydrogens is 332 g/mol. The molecule has 0 unspecified atom stereocenters. The summed E-state index contributed by atoms with van der Waals surface area (Å²) in [7, 11) is 0. The zero-order valence-corrected chi connectivity index (χ0v) is 12.0. The highest BCUT2D eigenvalue weighted by Crippen LogP contribution is 2.22. The number of rotatable bonds is 5. The molecule has 2 rings (SSSR count). The van der Waals surface area contributed by atoms with Gasteiger partial charge in [-0.15, -0.1) is 0 Å². The number of hydrogen-bond donors (Lipinski definition) is 0. The van der Waals surface area contributed by atoms with Crippen LogP contribution >= 0.6 is 0 Å². The van der Waals surface area contributed by atoms with Crippen molar-refractivity contribution >= 4 is 11.9 Å². The summed E-state index contributed by atoms with van der Waals surface area (Å²) >= 11 is 0. The minimum atomic E-state index is -1.78. The SMILES string of the molecule is O=C(CCC(=O)Oc1ccc(F)c(F)c1F)Oc1ccccc1F. The third kappa shape index (κ3) is 4.31. The fourth-order valence-corrected chi connectivity index (χ4v) is 1.67. The van der Waals surface area contributed by atoms with Crippen LogP contribution < -0.4 is 9.47 Å². The van der Waals surface area contributed by atoms with Gasteiger partial charge < -0.3 is 9.47 Å². The van der Waals surface area contributed by atoms with Crippen molar-refractivity contribution in [1.29, 1.82) is 0 Å². The molecule has 0 N–H and O–H groups in total. The Kier molecular flexibility index (Phi) is 5.51. The van der Waals surface area contributed by atoms with Gasteiger partial charge in [0.1, 0.15) is 0 Å². The molecule has 126 valence electrons. The van der Waals surface area contributed by atoms with Crippen LogP contribution in [0.15, 0.2) is 36.4 Å². The molecule has 0 aromatic heterocycles. The zero-order chi connectivity index (χ0) is 17.7. The van der Waals surface area contributed by atoms with Crippen LogP contribution in [0.2, 0.25) is 0 Å². The topological polar surface area (TPSA) is 52.6 Å². The van der Waals surface area contributed by atoms with Crippen LogP contribution in [0.4, 0.5) is 17.6 Å². The Morgan fingerprint density at radius 3 is 1.92 bits per heavy atom. The highest BCUT2D eigenvalue weighted by atomic mass is 19.2. The molecule has 24 heavy (non-hydrogen) atoms. The number of halogens is 4. The summed E-state index contributed by atoms with van der Waals surface area (Å²) in [4.78, 5) is 23.0. The number of ether oxygens (including phenoxy) is 2. The molecule has 0 spiro atoms. The second-order valence-corrected chi connectivity index (χ2v) is 4.55. The van der Waals surface area contributed by atoms with E-state index in [0.717, 1.165) is 12.1 Å². The minimum absolute atomic E-state index is 0.303. The fraction of sp³-hybridized carbons (Fsp3) is 0.125. The molecule has 2 aromatic carbocycles. The molecule has 8 heteroatoms. The smallest absolute Gasteiger partial charge is 0.311 e. The molecule has 0 amide bonds. The van der Waals surface area contributed by atoms with Crippen LogP contribution in [0.3, 0.4) is 0 Å². The molecule has 0 bridgehead atoms. The summed E-state index contributed by atoms with van der Waals surface area (Å²) in [6, 6.07) is 6.49. The minimum Gasteiger partial charge on any atom is -0.423 e. The van der Waals surface area contributed by atoms with Crippen LogP contribution in [-0.4, -0.2) is 11.9 Å². The first-order chi connectivity index (χ1) is 11.4. The Morgan fingerprint density at radius 1 is 0.708 bits per heavy atom. The van der Waals surface area contributed by atoms with Gasteiger partial charge >= 0.3 is 11.9 Å². The van der Waals surface area contributed by atoms with Gasteiger partial charge in [-0.2, -0.15) is 4.39 Å². The second kappa shape index (κ2) is 7.58. The van der Waals surface area contributed by atoms with Crippen molar-refractivity contribution in [2.24, 2.45) is 0 Å². The summed E-state index contributed by atoms with van der Waals surface area (Å²) in [6.45, 7) is 0. The lowest BCUT2D eigenvalue weighted by molar-refractivity contribution is -0.140. The first kappa shape index (κ1) is 17.5. The van der Waals surface area contributed by atoms with E-state index < -0.39 is 53.8 Å². The Hall–Kier alpha value is -2.90. The van der Waals surface area contributed by atoms with Crippen LogP contribution in [0, 0.1) is 23.3 Å². The van der Waals surface area contributed by atoms with Gasteiger partial charge in [-0.05, 0) is 24.3 Å². The van der Waals surface area contributed by atoms with Crippen molar-refractivity contribution in [2.75, 3.05) is 0 Å². The number of carbonyl (C=O) groups is 2. The Labute approximate surface area is 133 Å². The van der Waals surface area contributed by atoms with Crippen molar-refractivity contribution in [3.8, 4) is 11.5 Å². The van der Waals surface area contributed by atoms with E-state index >= 15 is 0 Å². The molecule has 4 nitrogen and oxygen atoms in total. The van der Waals surface area contributed by atoms with E-state index in [0.29, 0.717) is 6.07 Å². The van der Waals surface area contributed by atoms with E-state index in [4.69, 9.17) is 4.74 Å². The summed E-state index contributed by atoms with van der Waals surface area (Å²) in [5, 5.41) is 0. The van der Waals surface area contributed by atoms with Gasteiger partial charge in [0.05, 0.1) is 12.8 Å². The molecule has 0 atom stereocenters. The van der Waals surface area contributed by atoms with Gasteiger partial charge in [0, 0.05) is 0 Å². The van der Waals surface area contributed by atoms with E-state index in [-0.39, 0.29) is 5.75 Å². The maximum Gasteiger partial charge on any atom is 0.311 e. The van der Waals surface area contributed by atoms with Crippen LogP contribution in [-0.2, 0) is 9.59 Å². The van der Waals surface area contributed by atoms with Gasteiger partial charge in [0.25, 0.3) is 0 Å². The normalized spacial score (nSPS) is 10.3. The Bertz CT molecular complexity index is 777. The van der Waals surface area contributed by atoms with Gasteiger partial charge in [-0.25, -0.2) is 13.2 Å². The predicted molar refractivity (Wildman–Crippen MR) is 73.2 cm³/mol. The zero-order valence-electron chi connectivity index (χ0n) is 12.0. The van der Waals surface area contributed by atoms with Crippen LogP contribution in [0.1, 0.15) is 12.8 Å². The lowest BCUT2D eigenvalue weighted by Crippen LogP contribution is -2.15. The van der Waals surface area contributed by atoms with Gasteiger partial charge in [0.15, 0.2) is 29.0 Å². The molecular formula is C16H10F4O4. The number of esters is 2. The van der Waals surface area contributed by atoms with E-state index in [2.05, 4.69) is 4.74 Å². The average molecular weight is 342 g/mol. The van der Waals surface area contributed by atoms with Crippen molar-refractivity contribution in [1.82, 2.24) is 0 Å². The fourth-order valence-electron chi connectivity index (χ4n) is 1.67. The Balaban J connectivity index is 1.88. The summed E-state index contributed by atoms with van der Waals surface area (Å²) in [6.07, 6.45) is -0.996. The van der Waals surface area contributed by atoms with Gasteiger partial charge in [-0.1, -0.05) is 12.1 Å². The summed E-state index contributed by atoms with van der Waals surface area (Å²) in [5.74, 6) is -8.70. The lowest BCUT2D eigenvalue weighted by Gasteiger charge is -2.07. The van der Waals surface area contributed by atoms with Gasteiger partial charge in [0.2, 0.25) is 5.82 Å². The van der Waals surface area contributed by atoms with E-state index in [9.17, 15) is 27.2 Å². The third-order valence-electron chi connectivity index (χ3n) is 2.82. The van der Waals surface area contributed by atoms with Gasteiger partial charge in [-0.3, -0.25) is 9.59 Å². The van der Waals surface area contributed by atoms with E-state index in [1.807, 2.05) is 0 Å². The average Bonchev–Trinajstić information content (AvgIpc) is 2.56. The van der Waals surface area contributed by atoms with Crippen molar-refractivity contribution in [3.05, 3.63) is 59.7 Å². The number of hydrogen-bond acceptors (Lipinski definition) is 4. The highest BCUT2D eigenvalue weighted by Gasteiger charge is 2.18. The quantitative estimate of drug-likeness (QED) is 0.361. The summed E-state index contributed by atoms with van der Waals surface area (Å²) in [5.41, 5.74) is 0. The van der Waals surface area contributed by atoms with Crippen molar-refractivity contribution in [2.45, 2.75) is 12.8 Å². The first-order valence-corrected chi connectivity index (χ1v) is 6.68. The second-order valence-electron chi connectivity index (χ2n) is 4.55. The predicted octanol–water partition coefficient (Wildman–Crippen LogP) is 3.53. The maximum atomic E-state index is 13.3. The first-order valence-electron chi connectivity index (χ1n) is 6.68. The molecule has 0 aliphatic heterocycles. The largest absolute Gasteiger partial charge is 0.423 e. The van der Waals surface area contributed by atoms with Crippen molar-refractivity contribution in [3.63, 3.8) is 0 Å². The molecule has 0 radical (unpaired) electrons. The molecule has 0 aliphatic carbocycles. The molecule has 0 saturated carbocycles. The number of carbonyl (C=O) groups excluding carboxylic acids is 2. The standard InChI is InChI=1S/C16H10F4O4/c17-9-3-1-2-4-11(9)23-13(21)7-8-14(22)24-12-6-5-10(18)15(19)16(12)20/h1-6H,7-8H2. The van der Waals surface area contributed by atoms with E-state index in [1.54, 1.807) is 0 Å².